The fourth-order valence-electron chi connectivity index (χ4n) is 1.42. The number of amides is 1. The molecule has 0 spiro atoms. The molecule has 0 bridgehead atoms. The van der Waals surface area contributed by atoms with Gasteiger partial charge in [-0.25, -0.2) is 0 Å². The number of halogens is 1. The summed E-state index contributed by atoms with van der Waals surface area (Å²) in [4.78, 5) is 17.6. The Morgan fingerprint density at radius 3 is 3.00 bits per heavy atom. The zero-order valence-electron chi connectivity index (χ0n) is 10.6. The molecule has 5 nitrogen and oxygen atoms in total. The third-order valence-corrected chi connectivity index (χ3v) is 2.79. The van der Waals surface area contributed by atoms with E-state index in [9.17, 15) is 4.79 Å². The molecule has 0 aromatic carbocycles. The molecule has 18 heavy (non-hydrogen) atoms. The van der Waals surface area contributed by atoms with Crippen LogP contribution in [-0.4, -0.2) is 44.7 Å². The molecule has 100 valence electrons. The molecular formula is C12H18BrN3O2. The number of anilines is 1. The molecule has 1 rings (SSSR count). The number of hydrogen-bond donors (Lipinski definition) is 1. The summed E-state index contributed by atoms with van der Waals surface area (Å²) in [6, 6.07) is 1.92. The molecule has 1 aromatic heterocycles. The van der Waals surface area contributed by atoms with Crippen molar-refractivity contribution in [3.05, 3.63) is 22.9 Å². The standard InChI is InChI=1S/C12H18BrN3O2/c1-16(11-6-10(13)7-14-8-11)9-12(17)15-4-3-5-18-2/h6-8H,3-5,9H2,1-2H3,(H,15,17). The van der Waals surface area contributed by atoms with E-state index in [2.05, 4.69) is 26.2 Å². The molecule has 0 saturated carbocycles. The Morgan fingerprint density at radius 2 is 2.33 bits per heavy atom. The van der Waals surface area contributed by atoms with Gasteiger partial charge in [0.1, 0.15) is 0 Å². The highest BCUT2D eigenvalue weighted by atomic mass is 79.9. The van der Waals surface area contributed by atoms with Crippen LogP contribution in [0, 0.1) is 0 Å². The normalized spacial score (nSPS) is 10.2. The van der Waals surface area contributed by atoms with E-state index in [1.807, 2.05) is 18.0 Å². The highest BCUT2D eigenvalue weighted by Crippen LogP contribution is 2.16. The summed E-state index contributed by atoms with van der Waals surface area (Å²) >= 11 is 3.35. The highest BCUT2D eigenvalue weighted by Gasteiger charge is 2.07. The van der Waals surface area contributed by atoms with Gasteiger partial charge in [-0.05, 0) is 28.4 Å². The number of ether oxygens (including phenoxy) is 1. The Morgan fingerprint density at radius 1 is 1.56 bits per heavy atom. The minimum absolute atomic E-state index is 0.00595. The van der Waals surface area contributed by atoms with Crippen molar-refractivity contribution in [3.8, 4) is 0 Å². The first-order chi connectivity index (χ1) is 8.63. The van der Waals surface area contributed by atoms with Crippen LogP contribution in [0.3, 0.4) is 0 Å². The Labute approximate surface area is 116 Å². The van der Waals surface area contributed by atoms with E-state index in [0.29, 0.717) is 19.7 Å². The molecule has 1 heterocycles. The first-order valence-corrected chi connectivity index (χ1v) is 6.50. The average Bonchev–Trinajstić information content (AvgIpc) is 2.34. The van der Waals surface area contributed by atoms with E-state index in [-0.39, 0.29) is 5.91 Å². The zero-order valence-corrected chi connectivity index (χ0v) is 12.2. The van der Waals surface area contributed by atoms with Gasteiger partial charge in [0.25, 0.3) is 0 Å². The summed E-state index contributed by atoms with van der Waals surface area (Å²) in [6.07, 6.45) is 4.26. The summed E-state index contributed by atoms with van der Waals surface area (Å²) < 4.78 is 5.81. The number of likely N-dealkylation sites (N-methyl/N-ethyl adjacent to an activating group) is 1. The number of carbonyl (C=O) groups excluding carboxylic acids is 1. The first kappa shape index (κ1) is 14.9. The lowest BCUT2D eigenvalue weighted by atomic mass is 10.3. The molecule has 6 heteroatoms. The molecular weight excluding hydrogens is 298 g/mol. The molecule has 0 radical (unpaired) electrons. The third kappa shape index (κ3) is 5.46. The molecule has 0 fully saturated rings. The van der Waals surface area contributed by atoms with E-state index in [1.54, 1.807) is 19.5 Å². The lowest BCUT2D eigenvalue weighted by Gasteiger charge is -2.18. The number of nitrogens with zero attached hydrogens (tertiary/aromatic N) is 2. The van der Waals surface area contributed by atoms with E-state index in [1.165, 1.54) is 0 Å². The number of rotatable bonds is 7. The minimum atomic E-state index is -0.00595. The number of hydrogen-bond acceptors (Lipinski definition) is 4. The van der Waals surface area contributed by atoms with Gasteiger partial charge in [-0.2, -0.15) is 0 Å². The van der Waals surface area contributed by atoms with E-state index in [4.69, 9.17) is 4.74 Å². The van der Waals surface area contributed by atoms with Crippen LogP contribution in [0.1, 0.15) is 6.42 Å². The molecule has 1 amide bonds. The first-order valence-electron chi connectivity index (χ1n) is 5.71. The SMILES string of the molecule is COCCCNC(=O)CN(C)c1cncc(Br)c1. The molecule has 0 aliphatic heterocycles. The van der Waals surface area contributed by atoms with E-state index in [0.717, 1.165) is 16.6 Å². The van der Waals surface area contributed by atoms with Crippen LogP contribution in [0.5, 0.6) is 0 Å². The number of methoxy groups -OCH3 is 1. The average molecular weight is 316 g/mol. The monoisotopic (exact) mass is 315 g/mol. The number of pyridine rings is 1. The maximum Gasteiger partial charge on any atom is 0.239 e. The predicted molar refractivity (Wildman–Crippen MR) is 74.7 cm³/mol. The molecule has 0 aliphatic carbocycles. The van der Waals surface area contributed by atoms with Crippen LogP contribution >= 0.6 is 15.9 Å². The van der Waals surface area contributed by atoms with Crippen molar-refractivity contribution in [2.75, 3.05) is 38.8 Å². The minimum Gasteiger partial charge on any atom is -0.385 e. The van der Waals surface area contributed by atoms with Gasteiger partial charge in [0.15, 0.2) is 0 Å². The van der Waals surface area contributed by atoms with E-state index < -0.39 is 0 Å². The summed E-state index contributed by atoms with van der Waals surface area (Å²) in [7, 11) is 3.51. The molecule has 1 aromatic rings. The van der Waals surface area contributed by atoms with Crippen LogP contribution in [0.2, 0.25) is 0 Å². The molecule has 0 unspecified atom stereocenters. The molecule has 0 saturated heterocycles. The summed E-state index contributed by atoms with van der Waals surface area (Å²) in [5, 5.41) is 2.84. The molecule has 1 N–H and O–H groups in total. The summed E-state index contributed by atoms with van der Waals surface area (Å²) in [6.45, 7) is 1.61. The number of nitrogens with one attached hydrogen (secondary N) is 1. The fourth-order valence-corrected chi connectivity index (χ4v) is 1.77. The molecule has 0 atom stereocenters. The summed E-state index contributed by atoms with van der Waals surface area (Å²) in [5.74, 6) is -0.00595. The fraction of sp³-hybridized carbons (Fsp3) is 0.500. The lowest BCUT2D eigenvalue weighted by Crippen LogP contribution is -2.35. The van der Waals surface area contributed by atoms with Crippen molar-refractivity contribution >= 4 is 27.5 Å². The van der Waals surface area contributed by atoms with Crippen molar-refractivity contribution in [2.45, 2.75) is 6.42 Å². The number of carbonyl (C=O) groups is 1. The van der Waals surface area contributed by atoms with Gasteiger partial charge in [-0.1, -0.05) is 0 Å². The topological polar surface area (TPSA) is 54.5 Å². The van der Waals surface area contributed by atoms with Crippen LogP contribution in [0.15, 0.2) is 22.9 Å². The van der Waals surface area contributed by atoms with Gasteiger partial charge in [0, 0.05) is 38.0 Å². The van der Waals surface area contributed by atoms with Crippen LogP contribution in [0.4, 0.5) is 5.69 Å². The van der Waals surface area contributed by atoms with Gasteiger partial charge < -0.3 is 15.0 Å². The Balaban J connectivity index is 2.35. The second-order valence-electron chi connectivity index (χ2n) is 3.91. The van der Waals surface area contributed by atoms with Crippen LogP contribution in [-0.2, 0) is 9.53 Å². The number of aromatic nitrogens is 1. The Hall–Kier alpha value is -1.14. The second kappa shape index (κ2) is 8.05. The van der Waals surface area contributed by atoms with Gasteiger partial charge >= 0.3 is 0 Å². The Kier molecular flexibility index (Phi) is 6.67. The zero-order chi connectivity index (χ0) is 13.4. The van der Waals surface area contributed by atoms with Crippen LogP contribution < -0.4 is 10.2 Å². The predicted octanol–water partition coefficient (Wildman–Crippen LogP) is 1.43. The summed E-state index contributed by atoms with van der Waals surface area (Å²) in [5.41, 5.74) is 0.899. The van der Waals surface area contributed by atoms with Crippen molar-refractivity contribution < 1.29 is 9.53 Å². The van der Waals surface area contributed by atoms with Crippen molar-refractivity contribution in [1.82, 2.24) is 10.3 Å². The van der Waals surface area contributed by atoms with Gasteiger partial charge in [-0.15, -0.1) is 0 Å². The Bertz CT molecular complexity index is 387. The van der Waals surface area contributed by atoms with Crippen LogP contribution in [0.25, 0.3) is 0 Å². The lowest BCUT2D eigenvalue weighted by molar-refractivity contribution is -0.119. The maximum absolute atomic E-state index is 11.6. The van der Waals surface area contributed by atoms with Crippen molar-refractivity contribution in [2.24, 2.45) is 0 Å². The smallest absolute Gasteiger partial charge is 0.239 e. The van der Waals surface area contributed by atoms with Crippen molar-refractivity contribution in [3.63, 3.8) is 0 Å². The third-order valence-electron chi connectivity index (χ3n) is 2.36. The van der Waals surface area contributed by atoms with Gasteiger partial charge in [0.2, 0.25) is 5.91 Å². The van der Waals surface area contributed by atoms with Gasteiger partial charge in [0.05, 0.1) is 18.4 Å². The van der Waals surface area contributed by atoms with E-state index >= 15 is 0 Å². The second-order valence-corrected chi connectivity index (χ2v) is 4.83. The van der Waals surface area contributed by atoms with Gasteiger partial charge in [-0.3, -0.25) is 9.78 Å². The van der Waals surface area contributed by atoms with Crippen molar-refractivity contribution in [1.29, 1.82) is 0 Å². The highest BCUT2D eigenvalue weighted by molar-refractivity contribution is 9.10. The largest absolute Gasteiger partial charge is 0.385 e. The maximum atomic E-state index is 11.6. The molecule has 0 aliphatic rings. The quantitative estimate of drug-likeness (QED) is 0.773.